The molecule has 0 aliphatic carbocycles. The predicted molar refractivity (Wildman–Crippen MR) is 120 cm³/mol. The first-order valence-electron chi connectivity index (χ1n) is 9.18. The molecule has 132 valence electrons. The van der Waals surface area contributed by atoms with Crippen LogP contribution in [0.3, 0.4) is 0 Å². The molecule has 0 radical (unpaired) electrons. The lowest BCUT2D eigenvalue weighted by atomic mass is 9.98. The smallest absolute Gasteiger partial charge is 0.136 e. The zero-order chi connectivity index (χ0) is 18.7. The molecule has 4 aromatic carbocycles. The van der Waals surface area contributed by atoms with Gasteiger partial charge in [0.1, 0.15) is 11.2 Å². The summed E-state index contributed by atoms with van der Waals surface area (Å²) in [5, 5.41) is 5.74. The van der Waals surface area contributed by atoms with Crippen LogP contribution in [-0.4, -0.2) is 4.98 Å². The molecule has 0 bridgehead atoms. The van der Waals surface area contributed by atoms with E-state index in [0.717, 1.165) is 54.0 Å². The lowest BCUT2D eigenvalue weighted by Gasteiger charge is -2.10. The van der Waals surface area contributed by atoms with Crippen LogP contribution in [0.5, 0.6) is 0 Å². The van der Waals surface area contributed by atoms with E-state index < -0.39 is 0 Å². The standard InChI is InChI=1S/C25H14BrNO/c26-16-11-9-15(10-12-16)25-21-14-24-20(18-6-2-4-8-23(18)28-24)13-19(21)17-5-1-3-7-22(17)27-25/h1-14H. The van der Waals surface area contributed by atoms with Crippen molar-refractivity contribution in [2.45, 2.75) is 0 Å². The van der Waals surface area contributed by atoms with E-state index >= 15 is 0 Å². The van der Waals surface area contributed by atoms with Crippen LogP contribution in [0, 0.1) is 0 Å². The van der Waals surface area contributed by atoms with Crippen molar-refractivity contribution in [1.29, 1.82) is 0 Å². The van der Waals surface area contributed by atoms with E-state index in [1.807, 2.05) is 18.2 Å². The zero-order valence-corrected chi connectivity index (χ0v) is 16.4. The number of para-hydroxylation sites is 2. The van der Waals surface area contributed by atoms with Gasteiger partial charge in [0.25, 0.3) is 0 Å². The third-order valence-electron chi connectivity index (χ3n) is 5.32. The summed E-state index contributed by atoms with van der Waals surface area (Å²) in [6.45, 7) is 0. The van der Waals surface area contributed by atoms with Crippen molar-refractivity contribution in [1.82, 2.24) is 4.98 Å². The van der Waals surface area contributed by atoms with Crippen LogP contribution in [0.1, 0.15) is 0 Å². The van der Waals surface area contributed by atoms with E-state index in [0.29, 0.717) is 0 Å². The average molecular weight is 424 g/mol. The molecule has 0 fully saturated rings. The second kappa shape index (κ2) is 5.91. The second-order valence-electron chi connectivity index (χ2n) is 6.98. The van der Waals surface area contributed by atoms with Crippen LogP contribution < -0.4 is 0 Å². The number of halogens is 1. The molecule has 0 saturated heterocycles. The number of aromatic nitrogens is 1. The molecule has 2 aromatic heterocycles. The number of hydrogen-bond donors (Lipinski definition) is 0. The number of furan rings is 1. The van der Waals surface area contributed by atoms with Crippen LogP contribution in [0.25, 0.3) is 54.9 Å². The van der Waals surface area contributed by atoms with Crippen LogP contribution in [0.4, 0.5) is 0 Å². The highest BCUT2D eigenvalue weighted by atomic mass is 79.9. The molecule has 0 spiro atoms. The Morgan fingerprint density at radius 1 is 0.607 bits per heavy atom. The number of pyridine rings is 1. The van der Waals surface area contributed by atoms with Gasteiger partial charge in [-0.3, -0.25) is 0 Å². The Labute approximate surface area is 169 Å². The van der Waals surface area contributed by atoms with Crippen molar-refractivity contribution >= 4 is 59.5 Å². The Morgan fingerprint density at radius 2 is 1.36 bits per heavy atom. The largest absolute Gasteiger partial charge is 0.456 e. The number of nitrogens with zero attached hydrogens (tertiary/aromatic N) is 1. The van der Waals surface area contributed by atoms with Gasteiger partial charge in [-0.25, -0.2) is 4.98 Å². The van der Waals surface area contributed by atoms with Crippen LogP contribution in [0.15, 0.2) is 93.8 Å². The molecule has 0 amide bonds. The molecular weight excluding hydrogens is 410 g/mol. The van der Waals surface area contributed by atoms with Crippen molar-refractivity contribution in [2.75, 3.05) is 0 Å². The van der Waals surface area contributed by atoms with E-state index in [9.17, 15) is 0 Å². The average Bonchev–Trinajstić information content (AvgIpc) is 3.10. The molecule has 2 nitrogen and oxygen atoms in total. The summed E-state index contributed by atoms with van der Waals surface area (Å²) in [6, 6.07) is 29.2. The SMILES string of the molecule is Brc1ccc(-c2nc3ccccc3c3cc4c(cc23)oc2ccccc24)cc1. The van der Waals surface area contributed by atoms with Crippen molar-refractivity contribution in [2.24, 2.45) is 0 Å². The highest BCUT2D eigenvalue weighted by molar-refractivity contribution is 9.10. The Hall–Kier alpha value is -3.17. The summed E-state index contributed by atoms with van der Waals surface area (Å²) in [7, 11) is 0. The molecule has 2 heterocycles. The quantitative estimate of drug-likeness (QED) is 0.253. The number of rotatable bonds is 1. The van der Waals surface area contributed by atoms with E-state index in [2.05, 4.69) is 82.7 Å². The van der Waals surface area contributed by atoms with Crippen LogP contribution >= 0.6 is 15.9 Å². The van der Waals surface area contributed by atoms with Crippen molar-refractivity contribution in [3.8, 4) is 11.3 Å². The van der Waals surface area contributed by atoms with Crippen molar-refractivity contribution in [3.05, 3.63) is 89.4 Å². The first kappa shape index (κ1) is 15.8. The van der Waals surface area contributed by atoms with Gasteiger partial charge in [-0.05, 0) is 41.8 Å². The fraction of sp³-hybridized carbons (Fsp3) is 0. The van der Waals surface area contributed by atoms with Crippen molar-refractivity contribution < 1.29 is 4.42 Å². The summed E-state index contributed by atoms with van der Waals surface area (Å²) in [5.74, 6) is 0. The minimum absolute atomic E-state index is 0.893. The third kappa shape index (κ3) is 2.30. The Kier molecular flexibility index (Phi) is 3.35. The molecular formula is C25H14BrNO. The minimum Gasteiger partial charge on any atom is -0.456 e. The van der Waals surface area contributed by atoms with Gasteiger partial charge in [-0.1, -0.05) is 64.5 Å². The zero-order valence-electron chi connectivity index (χ0n) is 14.8. The highest BCUT2D eigenvalue weighted by Crippen LogP contribution is 2.38. The Bertz CT molecular complexity index is 1510. The van der Waals surface area contributed by atoms with Gasteiger partial charge >= 0.3 is 0 Å². The molecule has 0 unspecified atom stereocenters. The van der Waals surface area contributed by atoms with Crippen LogP contribution in [-0.2, 0) is 0 Å². The lowest BCUT2D eigenvalue weighted by molar-refractivity contribution is 0.669. The van der Waals surface area contributed by atoms with Gasteiger partial charge in [0, 0.05) is 31.6 Å². The summed E-state index contributed by atoms with van der Waals surface area (Å²) < 4.78 is 7.20. The van der Waals surface area contributed by atoms with Gasteiger partial charge in [-0.2, -0.15) is 0 Å². The maximum atomic E-state index is 6.15. The summed E-state index contributed by atoms with van der Waals surface area (Å²) in [4.78, 5) is 5.01. The lowest BCUT2D eigenvalue weighted by Crippen LogP contribution is -1.89. The van der Waals surface area contributed by atoms with Gasteiger partial charge in [0.05, 0.1) is 11.2 Å². The number of fused-ring (bicyclic) bond motifs is 6. The van der Waals surface area contributed by atoms with E-state index in [-0.39, 0.29) is 0 Å². The first-order valence-corrected chi connectivity index (χ1v) is 9.97. The molecule has 0 aliphatic heterocycles. The van der Waals surface area contributed by atoms with Gasteiger partial charge in [0.2, 0.25) is 0 Å². The number of hydrogen-bond acceptors (Lipinski definition) is 2. The van der Waals surface area contributed by atoms with Crippen LogP contribution in [0.2, 0.25) is 0 Å². The Balaban J connectivity index is 1.82. The predicted octanol–water partition coefficient (Wildman–Crippen LogP) is 7.72. The van der Waals surface area contributed by atoms with E-state index in [4.69, 9.17) is 9.40 Å². The molecule has 6 aromatic rings. The number of benzene rings is 4. The molecule has 0 aliphatic rings. The monoisotopic (exact) mass is 423 g/mol. The maximum absolute atomic E-state index is 6.15. The first-order chi connectivity index (χ1) is 13.8. The summed E-state index contributed by atoms with van der Waals surface area (Å²) in [6.07, 6.45) is 0. The normalized spacial score (nSPS) is 11.8. The second-order valence-corrected chi connectivity index (χ2v) is 7.89. The molecule has 6 rings (SSSR count). The van der Waals surface area contributed by atoms with Gasteiger partial charge < -0.3 is 4.42 Å². The third-order valence-corrected chi connectivity index (χ3v) is 5.84. The molecule has 0 saturated carbocycles. The highest BCUT2D eigenvalue weighted by Gasteiger charge is 2.14. The Morgan fingerprint density at radius 3 is 2.21 bits per heavy atom. The summed E-state index contributed by atoms with van der Waals surface area (Å²) >= 11 is 3.52. The molecule has 28 heavy (non-hydrogen) atoms. The van der Waals surface area contributed by atoms with E-state index in [1.54, 1.807) is 0 Å². The van der Waals surface area contributed by atoms with Gasteiger partial charge in [-0.15, -0.1) is 0 Å². The van der Waals surface area contributed by atoms with Gasteiger partial charge in [0.15, 0.2) is 0 Å². The minimum atomic E-state index is 0.893. The molecule has 0 atom stereocenters. The summed E-state index contributed by atoms with van der Waals surface area (Å²) in [5.41, 5.74) is 4.87. The fourth-order valence-electron chi connectivity index (χ4n) is 4.00. The fourth-order valence-corrected chi connectivity index (χ4v) is 4.26. The molecule has 0 N–H and O–H groups in total. The van der Waals surface area contributed by atoms with E-state index in [1.165, 1.54) is 5.39 Å². The topological polar surface area (TPSA) is 26.0 Å². The molecule has 3 heteroatoms. The maximum Gasteiger partial charge on any atom is 0.136 e. The van der Waals surface area contributed by atoms with Crippen molar-refractivity contribution in [3.63, 3.8) is 0 Å².